The Morgan fingerprint density at radius 1 is 0.731 bits per heavy atom. The van der Waals surface area contributed by atoms with Crippen molar-refractivity contribution in [1.82, 2.24) is 10.6 Å². The van der Waals surface area contributed by atoms with Gasteiger partial charge in [-0.15, -0.1) is 0 Å². The second kappa shape index (κ2) is 19.7. The van der Waals surface area contributed by atoms with Crippen molar-refractivity contribution in [3.8, 4) is 0 Å². The summed E-state index contributed by atoms with van der Waals surface area (Å²) in [7, 11) is 0. The summed E-state index contributed by atoms with van der Waals surface area (Å²) in [4.78, 5) is 32.7. The van der Waals surface area contributed by atoms with Gasteiger partial charge in [-0.2, -0.15) is 0 Å². The minimum Gasteiger partial charge on any atom is -0.480 e. The molecule has 0 rings (SSSR count). The van der Waals surface area contributed by atoms with Crippen LogP contribution >= 0.6 is 0 Å². The first kappa shape index (κ1) is 26.6. The van der Waals surface area contributed by atoms with E-state index in [0.29, 0.717) is 6.54 Å². The number of carbonyl (C=O) groups is 3. The van der Waals surface area contributed by atoms with Crippen LogP contribution in [0.5, 0.6) is 0 Å². The molecule has 6 heteroatoms. The molecule has 0 aromatic heterocycles. The third-order valence-corrected chi connectivity index (χ3v) is 3.42. The first-order chi connectivity index (χ1) is 12.3. The molecule has 0 radical (unpaired) electrons. The highest BCUT2D eigenvalue weighted by Crippen LogP contribution is 2.10. The first-order valence-electron chi connectivity index (χ1n) is 10.1. The molecule has 0 bridgehead atoms. The Balaban J connectivity index is 0. The fourth-order valence-electron chi connectivity index (χ4n) is 2.13. The van der Waals surface area contributed by atoms with Gasteiger partial charge >= 0.3 is 17.8 Å². The number of hydrogen-bond acceptors (Lipinski definition) is 3. The van der Waals surface area contributed by atoms with Crippen molar-refractivity contribution < 1.29 is 19.5 Å². The molecule has 26 heavy (non-hydrogen) atoms. The smallest absolute Gasteiger partial charge is 0.322 e. The Morgan fingerprint density at radius 2 is 1.12 bits per heavy atom. The zero-order valence-electron chi connectivity index (χ0n) is 17.2. The summed E-state index contributed by atoms with van der Waals surface area (Å²) < 4.78 is 0. The molecule has 0 aromatic rings. The first-order valence-corrected chi connectivity index (χ1v) is 10.1. The number of unbranched alkanes of at least 4 members (excludes halogenated alkanes) is 9. The Labute approximate surface area is 159 Å². The van der Waals surface area contributed by atoms with E-state index in [1.165, 1.54) is 44.9 Å². The lowest BCUT2D eigenvalue weighted by Gasteiger charge is -2.05. The molecule has 2 amide bonds. The molecule has 0 spiro atoms. The van der Waals surface area contributed by atoms with E-state index in [0.717, 1.165) is 25.2 Å². The Kier molecular flexibility index (Phi) is 20.2. The maximum absolute atomic E-state index is 11.3. The number of rotatable bonds is 13. The van der Waals surface area contributed by atoms with E-state index in [1.54, 1.807) is 0 Å². The lowest BCUT2D eigenvalue weighted by molar-refractivity contribution is -0.142. The molecule has 3 N–H and O–H groups in total. The Bertz CT molecular complexity index is 368. The van der Waals surface area contributed by atoms with Crippen LogP contribution in [0.3, 0.4) is 0 Å². The number of carboxylic acids is 1. The molecule has 0 aliphatic heterocycles. The average molecular weight is 373 g/mol. The van der Waals surface area contributed by atoms with E-state index in [4.69, 9.17) is 5.11 Å². The highest BCUT2D eigenvalue weighted by atomic mass is 16.4. The molecule has 0 aliphatic rings. The molecule has 6 nitrogen and oxygen atoms in total. The summed E-state index contributed by atoms with van der Waals surface area (Å²) in [5.41, 5.74) is 0. The molecule has 0 fully saturated rings. The van der Waals surface area contributed by atoms with Gasteiger partial charge in [0, 0.05) is 6.54 Å². The van der Waals surface area contributed by atoms with Gasteiger partial charge in [0.05, 0.1) is 0 Å². The molecular weight excluding hydrogens is 332 g/mol. The van der Waals surface area contributed by atoms with Crippen molar-refractivity contribution in [3.05, 3.63) is 0 Å². The maximum Gasteiger partial charge on any atom is 0.322 e. The van der Waals surface area contributed by atoms with E-state index in [2.05, 4.69) is 33.0 Å². The standard InChI is InChI=1S/C16H30N2O4.C4H10/c1-2-3-4-5-6-7-8-9-10-11-12-17-15(21)16(22)18-13-14(19)20;1-4(2)3/h2-13H2,1H3,(H,17,21)(H,18,22)(H,19,20);4H,1-3H3. The highest BCUT2D eigenvalue weighted by Gasteiger charge is 2.12. The van der Waals surface area contributed by atoms with Gasteiger partial charge in [-0.1, -0.05) is 85.5 Å². The number of aliphatic carboxylic acids is 1. The molecule has 0 atom stereocenters. The van der Waals surface area contributed by atoms with E-state index in [-0.39, 0.29) is 0 Å². The Hall–Kier alpha value is -1.59. The van der Waals surface area contributed by atoms with Gasteiger partial charge in [-0.25, -0.2) is 0 Å². The summed E-state index contributed by atoms with van der Waals surface area (Å²) in [6.07, 6.45) is 12.1. The lowest BCUT2D eigenvalue weighted by atomic mass is 10.1. The van der Waals surface area contributed by atoms with Crippen molar-refractivity contribution in [2.75, 3.05) is 13.1 Å². The van der Waals surface area contributed by atoms with Crippen LogP contribution in [0.2, 0.25) is 0 Å². The fourth-order valence-corrected chi connectivity index (χ4v) is 2.13. The zero-order valence-corrected chi connectivity index (χ0v) is 17.2. The normalized spacial score (nSPS) is 10.0. The molecular formula is C20H40N2O4. The lowest BCUT2D eigenvalue weighted by Crippen LogP contribution is -2.42. The molecule has 0 aliphatic carbocycles. The summed E-state index contributed by atoms with van der Waals surface area (Å²) in [5.74, 6) is -2.00. The number of nitrogens with one attached hydrogen (secondary N) is 2. The van der Waals surface area contributed by atoms with Gasteiger partial charge in [-0.05, 0) is 12.3 Å². The van der Waals surface area contributed by atoms with E-state index < -0.39 is 24.3 Å². The van der Waals surface area contributed by atoms with Crippen LogP contribution in [-0.2, 0) is 14.4 Å². The second-order valence-electron chi connectivity index (χ2n) is 7.25. The van der Waals surface area contributed by atoms with Crippen LogP contribution in [0.15, 0.2) is 0 Å². The van der Waals surface area contributed by atoms with Gasteiger partial charge in [0.2, 0.25) is 0 Å². The van der Waals surface area contributed by atoms with Crippen molar-refractivity contribution in [3.63, 3.8) is 0 Å². The summed E-state index contributed by atoms with van der Waals surface area (Å²) >= 11 is 0. The molecule has 154 valence electrons. The van der Waals surface area contributed by atoms with E-state index in [9.17, 15) is 14.4 Å². The third kappa shape index (κ3) is 24.7. The molecule has 0 aromatic carbocycles. The quantitative estimate of drug-likeness (QED) is 0.338. The minimum atomic E-state index is -1.17. The molecule has 0 heterocycles. The average Bonchev–Trinajstić information content (AvgIpc) is 2.56. The molecule has 0 saturated heterocycles. The highest BCUT2D eigenvalue weighted by molar-refractivity contribution is 6.35. The van der Waals surface area contributed by atoms with Gasteiger partial charge in [-0.3, -0.25) is 14.4 Å². The van der Waals surface area contributed by atoms with Crippen LogP contribution < -0.4 is 10.6 Å². The van der Waals surface area contributed by atoms with Crippen LogP contribution in [0.1, 0.15) is 91.9 Å². The number of amides is 2. The predicted octanol–water partition coefficient (Wildman–Crippen LogP) is 3.89. The van der Waals surface area contributed by atoms with Gasteiger partial charge < -0.3 is 15.7 Å². The number of hydrogen-bond donors (Lipinski definition) is 3. The van der Waals surface area contributed by atoms with Gasteiger partial charge in [0.15, 0.2) is 0 Å². The largest absolute Gasteiger partial charge is 0.480 e. The van der Waals surface area contributed by atoms with Crippen LogP contribution in [0, 0.1) is 5.92 Å². The van der Waals surface area contributed by atoms with E-state index >= 15 is 0 Å². The molecule has 0 saturated carbocycles. The molecule has 0 unspecified atom stereocenters. The topological polar surface area (TPSA) is 95.5 Å². The monoisotopic (exact) mass is 372 g/mol. The maximum atomic E-state index is 11.3. The predicted molar refractivity (Wildman–Crippen MR) is 106 cm³/mol. The van der Waals surface area contributed by atoms with E-state index in [1.807, 2.05) is 5.32 Å². The van der Waals surface area contributed by atoms with Crippen LogP contribution in [0.25, 0.3) is 0 Å². The third-order valence-electron chi connectivity index (χ3n) is 3.42. The van der Waals surface area contributed by atoms with Crippen LogP contribution in [-0.4, -0.2) is 36.0 Å². The Morgan fingerprint density at radius 3 is 1.54 bits per heavy atom. The van der Waals surface area contributed by atoms with Crippen molar-refractivity contribution >= 4 is 17.8 Å². The van der Waals surface area contributed by atoms with Crippen molar-refractivity contribution in [2.45, 2.75) is 91.9 Å². The minimum absolute atomic E-state index is 0.454. The number of carbonyl (C=O) groups excluding carboxylic acids is 2. The second-order valence-corrected chi connectivity index (χ2v) is 7.25. The fraction of sp³-hybridized carbons (Fsp3) is 0.850. The van der Waals surface area contributed by atoms with Gasteiger partial charge in [0.25, 0.3) is 0 Å². The van der Waals surface area contributed by atoms with Gasteiger partial charge in [0.1, 0.15) is 6.54 Å². The SMILES string of the molecule is CC(C)C.CCCCCCCCCCCCNC(=O)C(=O)NCC(=O)O. The summed E-state index contributed by atoms with van der Waals surface area (Å²) in [5, 5.41) is 12.9. The summed E-state index contributed by atoms with van der Waals surface area (Å²) in [6.45, 7) is 8.63. The number of carboxylic acid groups (broad SMARTS) is 1. The summed E-state index contributed by atoms with van der Waals surface area (Å²) in [6, 6.07) is 0. The van der Waals surface area contributed by atoms with Crippen molar-refractivity contribution in [2.24, 2.45) is 5.92 Å². The van der Waals surface area contributed by atoms with Crippen molar-refractivity contribution in [1.29, 1.82) is 0 Å². The zero-order chi connectivity index (χ0) is 20.2. The van der Waals surface area contributed by atoms with Crippen LogP contribution in [0.4, 0.5) is 0 Å².